The van der Waals surface area contributed by atoms with Crippen LogP contribution in [0, 0.1) is 5.82 Å². The van der Waals surface area contributed by atoms with Crippen LogP contribution in [0.1, 0.15) is 15.9 Å². The van der Waals surface area contributed by atoms with E-state index >= 15 is 0 Å². The molecule has 23 heavy (non-hydrogen) atoms. The van der Waals surface area contributed by atoms with Crippen molar-refractivity contribution in [2.75, 3.05) is 0 Å². The molecule has 3 rings (SSSR count). The number of halogens is 1. The van der Waals surface area contributed by atoms with Crippen LogP contribution in [0.2, 0.25) is 0 Å². The molecule has 0 aliphatic carbocycles. The smallest absolute Gasteiger partial charge is 0.153 e. The quantitative estimate of drug-likeness (QED) is 0.628. The fourth-order valence-corrected chi connectivity index (χ4v) is 2.40. The van der Waals surface area contributed by atoms with Crippen molar-refractivity contribution in [1.29, 1.82) is 0 Å². The Kier molecular flexibility index (Phi) is 4.48. The summed E-state index contributed by atoms with van der Waals surface area (Å²) in [5, 5.41) is 0. The number of carbonyl (C=O) groups excluding carboxylic acids is 1. The maximum Gasteiger partial charge on any atom is 0.153 e. The van der Waals surface area contributed by atoms with E-state index in [2.05, 4.69) is 0 Å². The third-order valence-electron chi connectivity index (χ3n) is 3.56. The van der Waals surface area contributed by atoms with Crippen LogP contribution >= 0.6 is 0 Å². The summed E-state index contributed by atoms with van der Waals surface area (Å²) < 4.78 is 19.5. The Morgan fingerprint density at radius 1 is 0.913 bits per heavy atom. The number of hydrogen-bond acceptors (Lipinski definition) is 2. The van der Waals surface area contributed by atoms with Gasteiger partial charge in [0.1, 0.15) is 18.2 Å². The molecule has 0 saturated heterocycles. The minimum atomic E-state index is -0.520. The molecule has 0 N–H and O–H groups in total. The molecule has 0 saturated carbocycles. The van der Waals surface area contributed by atoms with Gasteiger partial charge in [-0.1, -0.05) is 54.6 Å². The Hall–Kier alpha value is -2.94. The molecule has 0 aliphatic rings. The summed E-state index contributed by atoms with van der Waals surface area (Å²) in [7, 11) is 0. The molecule has 0 spiro atoms. The van der Waals surface area contributed by atoms with Gasteiger partial charge in [0.05, 0.1) is 5.56 Å². The molecular formula is C20H15FO2. The second-order valence-electron chi connectivity index (χ2n) is 5.12. The van der Waals surface area contributed by atoms with Crippen LogP contribution in [-0.4, -0.2) is 6.29 Å². The molecule has 3 aromatic rings. The average molecular weight is 306 g/mol. The molecule has 0 fully saturated rings. The van der Waals surface area contributed by atoms with Gasteiger partial charge in [-0.2, -0.15) is 0 Å². The van der Waals surface area contributed by atoms with E-state index in [1.807, 2.05) is 54.6 Å². The summed E-state index contributed by atoms with van der Waals surface area (Å²) in [5.41, 5.74) is 2.44. The van der Waals surface area contributed by atoms with E-state index in [0.29, 0.717) is 24.2 Å². The Morgan fingerprint density at radius 2 is 1.70 bits per heavy atom. The van der Waals surface area contributed by atoms with Crippen LogP contribution in [0.25, 0.3) is 11.1 Å². The van der Waals surface area contributed by atoms with E-state index < -0.39 is 5.82 Å². The van der Waals surface area contributed by atoms with Crippen LogP contribution in [0.4, 0.5) is 4.39 Å². The van der Waals surface area contributed by atoms with Gasteiger partial charge < -0.3 is 4.74 Å². The number of benzene rings is 3. The normalized spacial score (nSPS) is 10.3. The maximum atomic E-state index is 13.7. The van der Waals surface area contributed by atoms with Gasteiger partial charge in [-0.05, 0) is 34.9 Å². The Labute approximate surface area is 134 Å². The van der Waals surface area contributed by atoms with Crippen molar-refractivity contribution in [3.8, 4) is 16.9 Å². The third kappa shape index (κ3) is 3.46. The third-order valence-corrected chi connectivity index (χ3v) is 3.56. The second-order valence-corrected chi connectivity index (χ2v) is 5.12. The molecule has 0 heterocycles. The maximum absolute atomic E-state index is 13.7. The van der Waals surface area contributed by atoms with Crippen LogP contribution < -0.4 is 4.74 Å². The number of hydrogen-bond donors (Lipinski definition) is 0. The van der Waals surface area contributed by atoms with Gasteiger partial charge in [-0.25, -0.2) is 4.39 Å². The molecule has 3 heteroatoms. The standard InChI is InChI=1S/C20H15FO2/c21-20-11-5-10-18(19(20)13-22)16-8-4-9-17(12-16)23-14-15-6-2-1-3-7-15/h1-13H,14H2. The molecule has 114 valence electrons. The van der Waals surface area contributed by atoms with Crippen molar-refractivity contribution >= 4 is 6.29 Å². The van der Waals surface area contributed by atoms with Crippen LogP contribution in [0.5, 0.6) is 5.75 Å². The summed E-state index contributed by atoms with van der Waals surface area (Å²) in [6.07, 6.45) is 0.544. The second kappa shape index (κ2) is 6.88. The summed E-state index contributed by atoms with van der Waals surface area (Å²) in [6, 6.07) is 21.7. The van der Waals surface area contributed by atoms with Gasteiger partial charge >= 0.3 is 0 Å². The van der Waals surface area contributed by atoms with Crippen molar-refractivity contribution in [1.82, 2.24) is 0 Å². The fourth-order valence-electron chi connectivity index (χ4n) is 2.40. The van der Waals surface area contributed by atoms with Crippen molar-refractivity contribution in [2.24, 2.45) is 0 Å². The number of rotatable bonds is 5. The summed E-state index contributed by atoms with van der Waals surface area (Å²) in [4.78, 5) is 11.1. The first-order valence-electron chi connectivity index (χ1n) is 7.29. The number of aldehydes is 1. The number of carbonyl (C=O) groups is 1. The highest BCUT2D eigenvalue weighted by Crippen LogP contribution is 2.28. The highest BCUT2D eigenvalue weighted by atomic mass is 19.1. The van der Waals surface area contributed by atoms with Gasteiger partial charge in [0, 0.05) is 0 Å². The SMILES string of the molecule is O=Cc1c(F)cccc1-c1cccc(OCc2ccccc2)c1. The predicted octanol–water partition coefficient (Wildman–Crippen LogP) is 4.88. The van der Waals surface area contributed by atoms with E-state index in [1.165, 1.54) is 6.07 Å². The largest absolute Gasteiger partial charge is 0.489 e. The van der Waals surface area contributed by atoms with Gasteiger partial charge in [0.15, 0.2) is 6.29 Å². The van der Waals surface area contributed by atoms with Gasteiger partial charge in [-0.15, -0.1) is 0 Å². The molecular weight excluding hydrogens is 291 g/mol. The fraction of sp³-hybridized carbons (Fsp3) is 0.0500. The van der Waals surface area contributed by atoms with Gasteiger partial charge in [-0.3, -0.25) is 4.79 Å². The molecule has 0 radical (unpaired) electrons. The predicted molar refractivity (Wildman–Crippen MR) is 88.0 cm³/mol. The molecule has 3 aromatic carbocycles. The molecule has 0 bridgehead atoms. The lowest BCUT2D eigenvalue weighted by molar-refractivity contribution is 0.112. The molecule has 0 amide bonds. The van der Waals surface area contributed by atoms with Gasteiger partial charge in [0.25, 0.3) is 0 Å². The highest BCUT2D eigenvalue weighted by molar-refractivity contribution is 5.88. The van der Waals surface area contributed by atoms with Crippen LogP contribution in [0.15, 0.2) is 72.8 Å². The summed E-state index contributed by atoms with van der Waals surface area (Å²) >= 11 is 0. The first-order chi connectivity index (χ1) is 11.3. The van der Waals surface area contributed by atoms with Crippen LogP contribution in [-0.2, 0) is 6.61 Å². The Bertz CT molecular complexity index is 813. The lowest BCUT2D eigenvalue weighted by atomic mass is 10.00. The molecule has 0 atom stereocenters. The highest BCUT2D eigenvalue weighted by Gasteiger charge is 2.10. The Balaban J connectivity index is 1.86. The first-order valence-corrected chi connectivity index (χ1v) is 7.29. The zero-order chi connectivity index (χ0) is 16.1. The van der Waals surface area contributed by atoms with E-state index in [4.69, 9.17) is 4.74 Å². The Morgan fingerprint density at radius 3 is 2.48 bits per heavy atom. The summed E-state index contributed by atoms with van der Waals surface area (Å²) in [6.45, 7) is 0.452. The minimum absolute atomic E-state index is 0.0627. The van der Waals surface area contributed by atoms with Crippen LogP contribution in [0.3, 0.4) is 0 Å². The molecule has 2 nitrogen and oxygen atoms in total. The summed E-state index contributed by atoms with van der Waals surface area (Å²) in [5.74, 6) is 0.153. The zero-order valence-corrected chi connectivity index (χ0v) is 12.4. The monoisotopic (exact) mass is 306 g/mol. The van der Waals surface area contributed by atoms with E-state index in [0.717, 1.165) is 11.1 Å². The lowest BCUT2D eigenvalue weighted by Crippen LogP contribution is -1.96. The molecule has 0 aromatic heterocycles. The van der Waals surface area contributed by atoms with E-state index in [9.17, 15) is 9.18 Å². The minimum Gasteiger partial charge on any atom is -0.489 e. The van der Waals surface area contributed by atoms with Crippen molar-refractivity contribution < 1.29 is 13.9 Å². The van der Waals surface area contributed by atoms with Crippen molar-refractivity contribution in [3.63, 3.8) is 0 Å². The first kappa shape index (κ1) is 15.0. The van der Waals surface area contributed by atoms with Crippen molar-refractivity contribution in [2.45, 2.75) is 6.61 Å². The van der Waals surface area contributed by atoms with E-state index in [1.54, 1.807) is 12.1 Å². The molecule has 0 aliphatic heterocycles. The number of ether oxygens (including phenoxy) is 1. The topological polar surface area (TPSA) is 26.3 Å². The average Bonchev–Trinajstić information content (AvgIpc) is 2.61. The van der Waals surface area contributed by atoms with Gasteiger partial charge in [0.2, 0.25) is 0 Å². The van der Waals surface area contributed by atoms with Crippen molar-refractivity contribution in [3.05, 3.63) is 89.7 Å². The molecule has 0 unspecified atom stereocenters. The lowest BCUT2D eigenvalue weighted by Gasteiger charge is -2.10. The van der Waals surface area contributed by atoms with E-state index in [-0.39, 0.29) is 5.56 Å². The zero-order valence-electron chi connectivity index (χ0n) is 12.4.